The molecule has 74 valence electrons. The lowest BCUT2D eigenvalue weighted by atomic mass is 10.0. The molecular weight excluding hydrogens is 180 g/mol. The van der Waals surface area contributed by atoms with E-state index in [0.29, 0.717) is 11.4 Å². The average Bonchev–Trinajstić information content (AvgIpc) is 2.27. The minimum absolute atomic E-state index is 0.489. The highest BCUT2D eigenvalue weighted by Crippen LogP contribution is 2.11. The zero-order valence-electron chi connectivity index (χ0n) is 8.10. The zero-order chi connectivity index (χ0) is 10.6. The first-order chi connectivity index (χ1) is 6.70. The van der Waals surface area contributed by atoms with Crippen LogP contribution in [-0.2, 0) is 0 Å². The molecule has 0 saturated heterocycles. The van der Waals surface area contributed by atoms with Crippen molar-refractivity contribution in [3.8, 4) is 0 Å². The average molecular weight is 192 g/mol. The molecule has 1 aromatic carbocycles. The Morgan fingerprint density at radius 3 is 1.57 bits per heavy atom. The van der Waals surface area contributed by atoms with Gasteiger partial charge in [-0.25, -0.2) is 0 Å². The summed E-state index contributed by atoms with van der Waals surface area (Å²) in [4.78, 5) is 0. The van der Waals surface area contributed by atoms with Crippen LogP contribution in [0, 0.1) is 0 Å². The van der Waals surface area contributed by atoms with Crippen LogP contribution in [0.5, 0.6) is 0 Å². The summed E-state index contributed by atoms with van der Waals surface area (Å²) in [5.41, 5.74) is 2.49. The number of rotatable bonds is 2. The number of hydrogen-bond acceptors (Lipinski definition) is 4. The van der Waals surface area contributed by atoms with Gasteiger partial charge in [-0.1, -0.05) is 34.6 Å². The molecule has 4 nitrogen and oxygen atoms in total. The first kappa shape index (κ1) is 10.2. The van der Waals surface area contributed by atoms with E-state index in [0.717, 1.165) is 11.1 Å². The van der Waals surface area contributed by atoms with Crippen molar-refractivity contribution >= 4 is 11.4 Å². The molecule has 0 aliphatic heterocycles. The Bertz CT molecular complexity index is 346. The van der Waals surface area contributed by atoms with Gasteiger partial charge in [-0.15, -0.1) is 0 Å². The smallest absolute Gasteiger partial charge is 0.0843 e. The minimum atomic E-state index is 0.489. The van der Waals surface area contributed by atoms with E-state index >= 15 is 0 Å². The van der Waals surface area contributed by atoms with Gasteiger partial charge >= 0.3 is 0 Å². The molecule has 0 aliphatic carbocycles. The Morgan fingerprint density at radius 2 is 1.29 bits per heavy atom. The number of hydrogen-bond donors (Lipinski definition) is 2. The highest BCUT2D eigenvalue weighted by atomic mass is 16.4. The summed E-state index contributed by atoms with van der Waals surface area (Å²) in [5.74, 6) is 0. The lowest BCUT2D eigenvalue weighted by molar-refractivity contribution is 0.318. The van der Waals surface area contributed by atoms with Crippen LogP contribution in [0.15, 0.2) is 34.6 Å². The van der Waals surface area contributed by atoms with Crippen LogP contribution < -0.4 is 0 Å². The second kappa shape index (κ2) is 4.41. The summed E-state index contributed by atoms with van der Waals surface area (Å²) in [6, 6.07) is 7.27. The third-order valence-electron chi connectivity index (χ3n) is 2.01. The maximum Gasteiger partial charge on any atom is 0.0843 e. The zero-order valence-corrected chi connectivity index (χ0v) is 8.10. The van der Waals surface area contributed by atoms with E-state index in [9.17, 15) is 0 Å². The molecule has 0 amide bonds. The van der Waals surface area contributed by atoms with Crippen molar-refractivity contribution in [1.82, 2.24) is 0 Å². The van der Waals surface area contributed by atoms with Crippen molar-refractivity contribution in [3.63, 3.8) is 0 Å². The second-order valence-electron chi connectivity index (χ2n) is 2.92. The second-order valence-corrected chi connectivity index (χ2v) is 2.92. The van der Waals surface area contributed by atoms with Crippen LogP contribution in [0.2, 0.25) is 0 Å². The summed E-state index contributed by atoms with van der Waals surface area (Å²) < 4.78 is 0. The lowest BCUT2D eigenvalue weighted by Gasteiger charge is -2.05. The van der Waals surface area contributed by atoms with E-state index in [1.807, 2.05) is 12.1 Å². The number of benzene rings is 1. The molecule has 0 atom stereocenters. The van der Waals surface area contributed by atoms with Gasteiger partial charge in [0.05, 0.1) is 11.4 Å². The summed E-state index contributed by atoms with van der Waals surface area (Å²) >= 11 is 0. The Kier molecular flexibility index (Phi) is 3.23. The van der Waals surface area contributed by atoms with Crippen LogP contribution in [-0.4, -0.2) is 21.8 Å². The fourth-order valence-electron chi connectivity index (χ4n) is 1.22. The van der Waals surface area contributed by atoms with Crippen LogP contribution in [0.25, 0.3) is 0 Å². The normalized spacial score (nSPS) is 13.0. The molecule has 2 N–H and O–H groups in total. The van der Waals surface area contributed by atoms with Crippen LogP contribution in [0.4, 0.5) is 0 Å². The SMILES string of the molecule is CC(=NO)c1ccccc1C(C)=NO. The molecule has 14 heavy (non-hydrogen) atoms. The van der Waals surface area contributed by atoms with Gasteiger partial charge in [-0.05, 0) is 13.8 Å². The van der Waals surface area contributed by atoms with Gasteiger partial charge < -0.3 is 10.4 Å². The van der Waals surface area contributed by atoms with Crippen LogP contribution in [0.3, 0.4) is 0 Å². The highest BCUT2D eigenvalue weighted by molar-refractivity contribution is 6.10. The van der Waals surface area contributed by atoms with Crippen molar-refractivity contribution in [3.05, 3.63) is 35.4 Å². The Hall–Kier alpha value is -1.84. The van der Waals surface area contributed by atoms with Crippen molar-refractivity contribution in [2.45, 2.75) is 13.8 Å². The first-order valence-electron chi connectivity index (χ1n) is 4.17. The van der Waals surface area contributed by atoms with Crippen molar-refractivity contribution in [1.29, 1.82) is 0 Å². The predicted octanol–water partition coefficient (Wildman–Crippen LogP) is 2.08. The van der Waals surface area contributed by atoms with E-state index in [1.54, 1.807) is 26.0 Å². The standard InChI is InChI=1S/C10H12N2O2/c1-7(11-13)9-5-3-4-6-10(9)8(2)12-14/h3-6,13-14H,1-2H3. The quantitative estimate of drug-likeness (QED) is 0.428. The topological polar surface area (TPSA) is 65.2 Å². The molecule has 0 unspecified atom stereocenters. The van der Waals surface area contributed by atoms with Crippen LogP contribution in [0.1, 0.15) is 25.0 Å². The van der Waals surface area contributed by atoms with E-state index in [4.69, 9.17) is 10.4 Å². The Labute approximate surface area is 82.2 Å². The maximum atomic E-state index is 8.65. The van der Waals surface area contributed by atoms with Gasteiger partial charge in [0.25, 0.3) is 0 Å². The largest absolute Gasteiger partial charge is 0.411 e. The minimum Gasteiger partial charge on any atom is -0.411 e. The Balaban J connectivity index is 3.30. The van der Waals surface area contributed by atoms with E-state index in [-0.39, 0.29) is 0 Å². The molecule has 0 aromatic heterocycles. The molecule has 0 radical (unpaired) electrons. The molecule has 0 saturated carbocycles. The molecule has 1 rings (SSSR count). The molecule has 4 heteroatoms. The third kappa shape index (κ3) is 1.90. The monoisotopic (exact) mass is 192 g/mol. The molecule has 0 spiro atoms. The van der Waals surface area contributed by atoms with Gasteiger partial charge in [0.2, 0.25) is 0 Å². The fraction of sp³-hybridized carbons (Fsp3) is 0.200. The van der Waals surface area contributed by atoms with Crippen molar-refractivity contribution in [2.75, 3.05) is 0 Å². The van der Waals surface area contributed by atoms with E-state index in [2.05, 4.69) is 10.3 Å². The van der Waals surface area contributed by atoms with E-state index in [1.165, 1.54) is 0 Å². The van der Waals surface area contributed by atoms with Crippen LogP contribution >= 0.6 is 0 Å². The lowest BCUT2D eigenvalue weighted by Crippen LogP contribution is -2.05. The highest BCUT2D eigenvalue weighted by Gasteiger charge is 2.07. The maximum absolute atomic E-state index is 8.65. The molecule has 0 fully saturated rings. The van der Waals surface area contributed by atoms with Gasteiger partial charge in [0.1, 0.15) is 0 Å². The predicted molar refractivity (Wildman–Crippen MR) is 54.4 cm³/mol. The number of oxime groups is 2. The van der Waals surface area contributed by atoms with Gasteiger partial charge in [0, 0.05) is 11.1 Å². The van der Waals surface area contributed by atoms with Gasteiger partial charge in [0.15, 0.2) is 0 Å². The van der Waals surface area contributed by atoms with Crippen molar-refractivity contribution in [2.24, 2.45) is 10.3 Å². The summed E-state index contributed by atoms with van der Waals surface area (Å²) in [6.45, 7) is 3.37. The van der Waals surface area contributed by atoms with E-state index < -0.39 is 0 Å². The molecule has 0 bridgehead atoms. The summed E-state index contributed by atoms with van der Waals surface area (Å²) in [7, 11) is 0. The number of nitrogens with zero attached hydrogens (tertiary/aromatic N) is 2. The molecule has 0 heterocycles. The first-order valence-corrected chi connectivity index (χ1v) is 4.17. The fourth-order valence-corrected chi connectivity index (χ4v) is 1.22. The summed E-state index contributed by atoms with van der Waals surface area (Å²) in [6.07, 6.45) is 0. The van der Waals surface area contributed by atoms with Gasteiger partial charge in [-0.2, -0.15) is 0 Å². The third-order valence-corrected chi connectivity index (χ3v) is 2.01. The molecular formula is C10H12N2O2. The summed E-state index contributed by atoms with van der Waals surface area (Å²) in [5, 5.41) is 23.5. The Morgan fingerprint density at radius 1 is 0.929 bits per heavy atom. The molecule has 1 aromatic rings. The van der Waals surface area contributed by atoms with Gasteiger partial charge in [-0.3, -0.25) is 0 Å². The molecule has 0 aliphatic rings. The van der Waals surface area contributed by atoms with Crippen molar-refractivity contribution < 1.29 is 10.4 Å².